The van der Waals surface area contributed by atoms with Crippen LogP contribution in [0, 0.1) is 0 Å². The lowest BCUT2D eigenvalue weighted by molar-refractivity contribution is 0.0982. The summed E-state index contributed by atoms with van der Waals surface area (Å²) in [4.78, 5) is 11.4. The van der Waals surface area contributed by atoms with Gasteiger partial charge in [-0.25, -0.2) is 0 Å². The van der Waals surface area contributed by atoms with Crippen LogP contribution in [0.5, 0.6) is 0 Å². The molecule has 1 nitrogen and oxygen atoms in total. The van der Waals surface area contributed by atoms with Crippen LogP contribution < -0.4 is 0 Å². The minimum Gasteiger partial charge on any atom is -0.294 e. The fourth-order valence-electron chi connectivity index (χ4n) is 1.04. The Labute approximate surface area is 87.7 Å². The van der Waals surface area contributed by atoms with Gasteiger partial charge in [0.05, 0.1) is 10.0 Å². The molecule has 0 aliphatic rings. The summed E-state index contributed by atoms with van der Waals surface area (Å²) in [5.41, 5.74) is 0.635. The normalized spacial score (nSPS) is 10.1. The zero-order valence-electron chi connectivity index (χ0n) is 7.31. The second-order valence-corrected chi connectivity index (χ2v) is 3.62. The highest BCUT2D eigenvalue weighted by molar-refractivity contribution is 6.42. The van der Waals surface area contributed by atoms with Crippen molar-refractivity contribution in [3.8, 4) is 0 Å². The van der Waals surface area contributed by atoms with Crippen molar-refractivity contribution in [1.82, 2.24) is 0 Å². The van der Waals surface area contributed by atoms with Crippen molar-refractivity contribution >= 4 is 29.0 Å². The lowest BCUT2D eigenvalue weighted by Crippen LogP contribution is -1.97. The number of hydrogen-bond donors (Lipinski definition) is 0. The van der Waals surface area contributed by atoms with Crippen molar-refractivity contribution in [2.45, 2.75) is 19.8 Å². The lowest BCUT2D eigenvalue weighted by Gasteiger charge is -2.00. The van der Waals surface area contributed by atoms with E-state index in [1.54, 1.807) is 18.2 Å². The molecule has 0 bridgehead atoms. The summed E-state index contributed by atoms with van der Waals surface area (Å²) in [6.07, 6.45) is 1.40. The molecule has 0 radical (unpaired) electrons. The van der Waals surface area contributed by atoms with Crippen molar-refractivity contribution in [2.75, 3.05) is 0 Å². The molecule has 13 heavy (non-hydrogen) atoms. The molecule has 1 rings (SSSR count). The van der Waals surface area contributed by atoms with Gasteiger partial charge in [0.25, 0.3) is 0 Å². The molecule has 0 aliphatic heterocycles. The molecular formula is C10H10Cl2O. The Bertz CT molecular complexity index is 321. The van der Waals surface area contributed by atoms with Crippen molar-refractivity contribution < 1.29 is 4.79 Å². The Morgan fingerprint density at radius 3 is 2.54 bits per heavy atom. The molecule has 0 aliphatic carbocycles. The van der Waals surface area contributed by atoms with Gasteiger partial charge >= 0.3 is 0 Å². The number of carbonyl (C=O) groups is 1. The molecule has 0 heterocycles. The van der Waals surface area contributed by atoms with Crippen LogP contribution in [-0.2, 0) is 0 Å². The molecule has 3 heteroatoms. The average Bonchev–Trinajstić information content (AvgIpc) is 2.10. The maximum atomic E-state index is 11.4. The number of benzene rings is 1. The van der Waals surface area contributed by atoms with E-state index in [0.717, 1.165) is 6.42 Å². The standard InChI is InChI=1S/C10H10Cl2O/c1-2-3-10(13)7-4-5-8(11)9(12)6-7/h4-6H,2-3H2,1H3. The highest BCUT2D eigenvalue weighted by atomic mass is 35.5. The van der Waals surface area contributed by atoms with Crippen LogP contribution in [0.15, 0.2) is 18.2 Å². The van der Waals surface area contributed by atoms with Crippen molar-refractivity contribution in [2.24, 2.45) is 0 Å². The van der Waals surface area contributed by atoms with Crippen LogP contribution >= 0.6 is 23.2 Å². The van der Waals surface area contributed by atoms with E-state index >= 15 is 0 Å². The molecule has 0 N–H and O–H groups in total. The lowest BCUT2D eigenvalue weighted by atomic mass is 10.1. The number of ketones is 1. The third kappa shape index (κ3) is 2.71. The van der Waals surface area contributed by atoms with E-state index in [1.165, 1.54) is 0 Å². The molecule has 0 aromatic heterocycles. The van der Waals surface area contributed by atoms with Gasteiger partial charge in [0, 0.05) is 12.0 Å². The van der Waals surface area contributed by atoms with Gasteiger partial charge in [-0.05, 0) is 24.6 Å². The predicted molar refractivity (Wildman–Crippen MR) is 55.7 cm³/mol. The largest absolute Gasteiger partial charge is 0.294 e. The van der Waals surface area contributed by atoms with Gasteiger partial charge < -0.3 is 0 Å². The molecule has 0 spiro atoms. The third-order valence-corrected chi connectivity index (χ3v) is 2.46. The highest BCUT2D eigenvalue weighted by Gasteiger charge is 2.06. The minimum absolute atomic E-state index is 0.112. The fourth-order valence-corrected chi connectivity index (χ4v) is 1.34. The van der Waals surface area contributed by atoms with E-state index in [-0.39, 0.29) is 5.78 Å². The first-order valence-electron chi connectivity index (χ1n) is 4.13. The Balaban J connectivity index is 2.90. The molecule has 1 aromatic rings. The van der Waals surface area contributed by atoms with E-state index < -0.39 is 0 Å². The van der Waals surface area contributed by atoms with Crippen LogP contribution in [0.2, 0.25) is 10.0 Å². The van der Waals surface area contributed by atoms with E-state index in [2.05, 4.69) is 0 Å². The first-order valence-corrected chi connectivity index (χ1v) is 4.89. The van der Waals surface area contributed by atoms with Crippen LogP contribution in [0.1, 0.15) is 30.1 Å². The molecule has 0 amide bonds. The predicted octanol–water partition coefficient (Wildman–Crippen LogP) is 3.98. The van der Waals surface area contributed by atoms with Gasteiger partial charge in [-0.15, -0.1) is 0 Å². The second-order valence-electron chi connectivity index (χ2n) is 2.80. The average molecular weight is 217 g/mol. The molecule has 0 unspecified atom stereocenters. The van der Waals surface area contributed by atoms with Gasteiger partial charge in [0.15, 0.2) is 5.78 Å². The van der Waals surface area contributed by atoms with Gasteiger partial charge in [0.2, 0.25) is 0 Å². The maximum Gasteiger partial charge on any atom is 0.162 e. The van der Waals surface area contributed by atoms with Gasteiger partial charge in [-0.1, -0.05) is 30.1 Å². The molecule has 1 aromatic carbocycles. The van der Waals surface area contributed by atoms with Crippen molar-refractivity contribution in [3.63, 3.8) is 0 Å². The topological polar surface area (TPSA) is 17.1 Å². The minimum atomic E-state index is 0.112. The Hall–Kier alpha value is -0.530. The van der Waals surface area contributed by atoms with Gasteiger partial charge in [-0.3, -0.25) is 4.79 Å². The Morgan fingerprint density at radius 1 is 1.31 bits per heavy atom. The van der Waals surface area contributed by atoms with Crippen LogP contribution in [0.3, 0.4) is 0 Å². The first-order chi connectivity index (χ1) is 6.15. The monoisotopic (exact) mass is 216 g/mol. The van der Waals surface area contributed by atoms with Gasteiger partial charge in [-0.2, -0.15) is 0 Å². The molecule has 0 fully saturated rings. The van der Waals surface area contributed by atoms with E-state index in [1.807, 2.05) is 6.92 Å². The van der Waals surface area contributed by atoms with Crippen LogP contribution in [-0.4, -0.2) is 5.78 Å². The molecule has 70 valence electrons. The summed E-state index contributed by atoms with van der Waals surface area (Å²) in [5, 5.41) is 0.915. The number of halogens is 2. The summed E-state index contributed by atoms with van der Waals surface area (Å²) in [6.45, 7) is 1.97. The summed E-state index contributed by atoms with van der Waals surface area (Å²) in [7, 11) is 0. The number of rotatable bonds is 3. The number of carbonyl (C=O) groups excluding carboxylic acids is 1. The zero-order valence-corrected chi connectivity index (χ0v) is 8.82. The van der Waals surface area contributed by atoms with E-state index in [0.29, 0.717) is 22.0 Å². The molecule has 0 saturated heterocycles. The second kappa shape index (κ2) is 4.64. The summed E-state index contributed by atoms with van der Waals surface area (Å²) >= 11 is 11.5. The number of hydrogen-bond acceptors (Lipinski definition) is 1. The first kappa shape index (κ1) is 10.6. The summed E-state index contributed by atoms with van der Waals surface area (Å²) < 4.78 is 0. The molecule has 0 atom stereocenters. The zero-order chi connectivity index (χ0) is 9.84. The van der Waals surface area contributed by atoms with E-state index in [9.17, 15) is 4.79 Å². The molecular weight excluding hydrogens is 207 g/mol. The number of Topliss-reactive ketones (excluding diaryl/α,β-unsaturated/α-hetero) is 1. The van der Waals surface area contributed by atoms with Crippen LogP contribution in [0.4, 0.5) is 0 Å². The fraction of sp³-hybridized carbons (Fsp3) is 0.300. The summed E-state index contributed by atoms with van der Waals surface area (Å²) in [6, 6.07) is 4.96. The Morgan fingerprint density at radius 2 is 2.00 bits per heavy atom. The van der Waals surface area contributed by atoms with Crippen molar-refractivity contribution in [1.29, 1.82) is 0 Å². The molecule has 0 saturated carbocycles. The highest BCUT2D eigenvalue weighted by Crippen LogP contribution is 2.23. The van der Waals surface area contributed by atoms with Crippen LogP contribution in [0.25, 0.3) is 0 Å². The third-order valence-electron chi connectivity index (χ3n) is 1.72. The van der Waals surface area contributed by atoms with E-state index in [4.69, 9.17) is 23.2 Å². The quantitative estimate of drug-likeness (QED) is 0.700. The van der Waals surface area contributed by atoms with Gasteiger partial charge in [0.1, 0.15) is 0 Å². The SMILES string of the molecule is CCCC(=O)c1ccc(Cl)c(Cl)c1. The Kier molecular flexibility index (Phi) is 3.76. The maximum absolute atomic E-state index is 11.4. The summed E-state index contributed by atoms with van der Waals surface area (Å²) in [5.74, 6) is 0.112. The van der Waals surface area contributed by atoms with Crippen molar-refractivity contribution in [3.05, 3.63) is 33.8 Å². The smallest absolute Gasteiger partial charge is 0.162 e.